The fourth-order valence-corrected chi connectivity index (χ4v) is 1.63. The summed E-state index contributed by atoms with van der Waals surface area (Å²) in [6, 6.07) is 3.36. The Morgan fingerprint density at radius 2 is 2.12 bits per heavy atom. The summed E-state index contributed by atoms with van der Waals surface area (Å²) in [7, 11) is 1.74. The van der Waals surface area contributed by atoms with Crippen molar-refractivity contribution in [3.8, 4) is 0 Å². The lowest BCUT2D eigenvalue weighted by molar-refractivity contribution is 0.500. The van der Waals surface area contributed by atoms with Crippen molar-refractivity contribution in [3.63, 3.8) is 0 Å². The van der Waals surface area contributed by atoms with Crippen LogP contribution in [0.2, 0.25) is 0 Å². The maximum absolute atomic E-state index is 13.5. The molecule has 0 spiro atoms. The lowest BCUT2D eigenvalue weighted by atomic mass is 9.99. The van der Waals surface area contributed by atoms with Crippen LogP contribution < -0.4 is 5.32 Å². The zero-order valence-electron chi connectivity index (χ0n) is 9.69. The molecule has 3 heteroatoms. The predicted octanol–water partition coefficient (Wildman–Crippen LogP) is 3.58. The molecule has 0 heterocycles. The van der Waals surface area contributed by atoms with Gasteiger partial charge in [0.1, 0.15) is 11.6 Å². The van der Waals surface area contributed by atoms with Gasteiger partial charge in [0, 0.05) is 11.6 Å². The SMILES string of the molecule is C=C(C)CCC(NC)c1cc(F)ccc1F. The smallest absolute Gasteiger partial charge is 0.128 e. The van der Waals surface area contributed by atoms with Crippen LogP contribution in [0.1, 0.15) is 31.4 Å². The van der Waals surface area contributed by atoms with Gasteiger partial charge in [-0.25, -0.2) is 8.78 Å². The second-order valence-electron chi connectivity index (χ2n) is 4.00. The van der Waals surface area contributed by atoms with Crippen LogP contribution in [0.4, 0.5) is 8.78 Å². The number of rotatable bonds is 5. The molecule has 0 aliphatic rings. The van der Waals surface area contributed by atoms with Gasteiger partial charge in [0.05, 0.1) is 0 Å². The third-order valence-electron chi connectivity index (χ3n) is 2.54. The zero-order chi connectivity index (χ0) is 12.1. The van der Waals surface area contributed by atoms with Crippen LogP contribution in [0.3, 0.4) is 0 Å². The monoisotopic (exact) mass is 225 g/mol. The van der Waals surface area contributed by atoms with Crippen LogP contribution in [0.25, 0.3) is 0 Å². The molecule has 16 heavy (non-hydrogen) atoms. The second-order valence-corrected chi connectivity index (χ2v) is 4.00. The van der Waals surface area contributed by atoms with E-state index in [-0.39, 0.29) is 11.9 Å². The van der Waals surface area contributed by atoms with Gasteiger partial charge in [0.2, 0.25) is 0 Å². The van der Waals surface area contributed by atoms with Gasteiger partial charge in [0.15, 0.2) is 0 Å². The van der Waals surface area contributed by atoms with Gasteiger partial charge in [-0.15, -0.1) is 6.58 Å². The van der Waals surface area contributed by atoms with Crippen LogP contribution in [0, 0.1) is 11.6 Å². The summed E-state index contributed by atoms with van der Waals surface area (Å²) in [6.45, 7) is 5.72. The molecule has 1 nitrogen and oxygen atoms in total. The Balaban J connectivity index is 2.85. The van der Waals surface area contributed by atoms with E-state index in [1.807, 2.05) is 6.92 Å². The molecule has 1 aromatic carbocycles. The van der Waals surface area contributed by atoms with E-state index in [1.54, 1.807) is 7.05 Å². The molecule has 0 saturated carbocycles. The van der Waals surface area contributed by atoms with Crippen LogP contribution in [0.15, 0.2) is 30.4 Å². The van der Waals surface area contributed by atoms with Crippen molar-refractivity contribution in [2.24, 2.45) is 0 Å². The topological polar surface area (TPSA) is 12.0 Å². The van der Waals surface area contributed by atoms with E-state index in [0.29, 0.717) is 12.0 Å². The number of nitrogens with one attached hydrogen (secondary N) is 1. The minimum atomic E-state index is -0.410. The molecular formula is C13H17F2N. The van der Waals surface area contributed by atoms with E-state index in [0.717, 1.165) is 24.1 Å². The standard InChI is InChI=1S/C13H17F2N/c1-9(2)4-7-13(16-3)11-8-10(14)5-6-12(11)15/h5-6,8,13,16H,1,4,7H2,2-3H3. The zero-order valence-corrected chi connectivity index (χ0v) is 9.69. The Hall–Kier alpha value is -1.22. The molecule has 0 fully saturated rings. The lowest BCUT2D eigenvalue weighted by Crippen LogP contribution is -2.18. The van der Waals surface area contributed by atoms with Crippen LogP contribution >= 0.6 is 0 Å². The van der Waals surface area contributed by atoms with Crippen molar-refractivity contribution in [1.82, 2.24) is 5.32 Å². The molecule has 0 saturated heterocycles. The van der Waals surface area contributed by atoms with E-state index in [4.69, 9.17) is 0 Å². The first-order chi connectivity index (χ1) is 7.54. The fourth-order valence-electron chi connectivity index (χ4n) is 1.63. The first-order valence-corrected chi connectivity index (χ1v) is 5.31. The van der Waals surface area contributed by atoms with Crippen LogP contribution in [-0.2, 0) is 0 Å². The van der Waals surface area contributed by atoms with E-state index in [9.17, 15) is 8.78 Å². The van der Waals surface area contributed by atoms with Crippen molar-refractivity contribution in [1.29, 1.82) is 0 Å². The average molecular weight is 225 g/mol. The molecule has 1 N–H and O–H groups in total. The molecule has 0 radical (unpaired) electrons. The van der Waals surface area contributed by atoms with Crippen molar-refractivity contribution in [2.75, 3.05) is 7.05 Å². The van der Waals surface area contributed by atoms with E-state index >= 15 is 0 Å². The molecule has 1 aromatic rings. The highest BCUT2D eigenvalue weighted by Gasteiger charge is 2.14. The molecule has 1 rings (SSSR count). The normalized spacial score (nSPS) is 12.5. The van der Waals surface area contributed by atoms with Gasteiger partial charge >= 0.3 is 0 Å². The molecule has 0 aliphatic carbocycles. The maximum Gasteiger partial charge on any atom is 0.128 e. The van der Waals surface area contributed by atoms with Crippen molar-refractivity contribution in [2.45, 2.75) is 25.8 Å². The fraction of sp³-hybridized carbons (Fsp3) is 0.385. The summed E-state index contributed by atoms with van der Waals surface area (Å²) < 4.78 is 26.5. The Morgan fingerprint density at radius 1 is 1.44 bits per heavy atom. The first kappa shape index (κ1) is 12.8. The molecular weight excluding hydrogens is 208 g/mol. The highest BCUT2D eigenvalue weighted by molar-refractivity contribution is 5.22. The summed E-state index contributed by atoms with van der Waals surface area (Å²) in [5, 5.41) is 2.99. The minimum absolute atomic E-state index is 0.174. The first-order valence-electron chi connectivity index (χ1n) is 5.31. The van der Waals surface area contributed by atoms with Gasteiger partial charge in [-0.05, 0) is 45.0 Å². The maximum atomic E-state index is 13.5. The van der Waals surface area contributed by atoms with E-state index in [1.165, 1.54) is 6.07 Å². The Morgan fingerprint density at radius 3 is 2.69 bits per heavy atom. The Kier molecular flexibility index (Phi) is 4.62. The highest BCUT2D eigenvalue weighted by Crippen LogP contribution is 2.23. The molecule has 0 aromatic heterocycles. The largest absolute Gasteiger partial charge is 0.313 e. The van der Waals surface area contributed by atoms with Gasteiger partial charge in [-0.2, -0.15) is 0 Å². The minimum Gasteiger partial charge on any atom is -0.313 e. The number of hydrogen-bond acceptors (Lipinski definition) is 1. The van der Waals surface area contributed by atoms with Crippen molar-refractivity contribution < 1.29 is 8.78 Å². The number of allylic oxidation sites excluding steroid dienone is 1. The van der Waals surface area contributed by atoms with Crippen molar-refractivity contribution in [3.05, 3.63) is 47.5 Å². The van der Waals surface area contributed by atoms with E-state index in [2.05, 4.69) is 11.9 Å². The molecule has 0 aliphatic heterocycles. The predicted molar refractivity (Wildman–Crippen MR) is 62.2 cm³/mol. The van der Waals surface area contributed by atoms with E-state index < -0.39 is 5.82 Å². The Labute approximate surface area is 95.2 Å². The summed E-state index contributed by atoms with van der Waals surface area (Å²) in [6.07, 6.45) is 1.51. The lowest BCUT2D eigenvalue weighted by Gasteiger charge is -2.17. The summed E-state index contributed by atoms with van der Waals surface area (Å²) in [4.78, 5) is 0. The third-order valence-corrected chi connectivity index (χ3v) is 2.54. The summed E-state index contributed by atoms with van der Waals surface area (Å²) in [5.41, 5.74) is 1.42. The summed E-state index contributed by atoms with van der Waals surface area (Å²) >= 11 is 0. The second kappa shape index (κ2) is 5.75. The van der Waals surface area contributed by atoms with Gasteiger partial charge in [0.25, 0.3) is 0 Å². The molecule has 1 unspecified atom stereocenters. The van der Waals surface area contributed by atoms with Crippen molar-refractivity contribution >= 4 is 0 Å². The number of halogens is 2. The Bertz CT molecular complexity index is 374. The molecule has 88 valence electrons. The van der Waals surface area contributed by atoms with Crippen LogP contribution in [-0.4, -0.2) is 7.05 Å². The molecule has 0 amide bonds. The van der Waals surface area contributed by atoms with Gasteiger partial charge in [-0.3, -0.25) is 0 Å². The van der Waals surface area contributed by atoms with Crippen LogP contribution in [0.5, 0.6) is 0 Å². The summed E-state index contributed by atoms with van der Waals surface area (Å²) in [5.74, 6) is -0.783. The molecule has 1 atom stereocenters. The number of hydrogen-bond donors (Lipinski definition) is 1. The highest BCUT2D eigenvalue weighted by atomic mass is 19.1. The average Bonchev–Trinajstić information content (AvgIpc) is 2.23. The molecule has 0 bridgehead atoms. The quantitative estimate of drug-likeness (QED) is 0.755. The number of benzene rings is 1. The third kappa shape index (κ3) is 3.42. The van der Waals surface area contributed by atoms with Gasteiger partial charge in [-0.1, -0.05) is 5.57 Å². The van der Waals surface area contributed by atoms with Gasteiger partial charge < -0.3 is 5.32 Å².